The summed E-state index contributed by atoms with van der Waals surface area (Å²) >= 11 is 0. The Bertz CT molecular complexity index is 1320. The summed E-state index contributed by atoms with van der Waals surface area (Å²) < 4.78 is 11.5. The van der Waals surface area contributed by atoms with Crippen LogP contribution in [0, 0.1) is 56.2 Å². The van der Waals surface area contributed by atoms with Gasteiger partial charge in [-0.2, -0.15) is 0 Å². The second-order valence-electron chi connectivity index (χ2n) is 20.1. The van der Waals surface area contributed by atoms with Crippen LogP contribution in [0.5, 0.6) is 0 Å². The largest absolute Gasteiger partial charge is 0.481 e. The molecule has 9 nitrogen and oxygen atoms in total. The second kappa shape index (κ2) is 12.7. The summed E-state index contributed by atoms with van der Waals surface area (Å²) in [7, 11) is 0. The molecule has 3 N–H and O–H groups in total. The van der Waals surface area contributed by atoms with Gasteiger partial charge in [0.2, 0.25) is 5.91 Å². The molecule has 2 amide bonds. The maximum absolute atomic E-state index is 13.3. The van der Waals surface area contributed by atoms with Gasteiger partial charge in [-0.05, 0) is 136 Å². The number of ether oxygens (including phenoxy) is 2. The number of fused-ring (bicyclic) bond motifs is 7. The molecule has 0 radical (unpaired) electrons. The van der Waals surface area contributed by atoms with Crippen molar-refractivity contribution in [2.75, 3.05) is 0 Å². The Morgan fingerprint density at radius 3 is 2.08 bits per heavy atom. The van der Waals surface area contributed by atoms with E-state index in [-0.39, 0.29) is 57.9 Å². The van der Waals surface area contributed by atoms with Crippen molar-refractivity contribution in [1.82, 2.24) is 10.9 Å². The fourth-order valence-corrected chi connectivity index (χ4v) is 13.0. The Morgan fingerprint density at radius 1 is 0.735 bits per heavy atom. The molecule has 5 aliphatic carbocycles. The molecule has 9 heteroatoms. The molecule has 5 aliphatic rings. The number of hydrazine groups is 1. The van der Waals surface area contributed by atoms with Gasteiger partial charge in [0.1, 0.15) is 11.7 Å². The number of amides is 2. The Labute approximate surface area is 295 Å². The quantitative estimate of drug-likeness (QED) is 0.181. The monoisotopic (exact) mass is 686 g/mol. The normalized spacial score (nSPS) is 39.7. The van der Waals surface area contributed by atoms with Crippen LogP contribution in [-0.2, 0) is 23.9 Å². The molecule has 0 aromatic heterocycles. The van der Waals surface area contributed by atoms with E-state index in [1.807, 2.05) is 13.8 Å². The van der Waals surface area contributed by atoms with Gasteiger partial charge in [0.05, 0.1) is 12.8 Å². The van der Waals surface area contributed by atoms with Gasteiger partial charge in [-0.15, -0.1) is 0 Å². The third-order valence-electron chi connectivity index (χ3n) is 15.2. The minimum atomic E-state index is -0.894. The summed E-state index contributed by atoms with van der Waals surface area (Å²) in [5.74, 6) is 0.815. The topological polar surface area (TPSA) is 131 Å². The number of hydrogen-bond donors (Lipinski definition) is 3. The molecule has 0 spiro atoms. The van der Waals surface area contributed by atoms with E-state index >= 15 is 0 Å². The molecule has 5 saturated carbocycles. The van der Waals surface area contributed by atoms with E-state index in [4.69, 9.17) is 9.47 Å². The third-order valence-corrected chi connectivity index (χ3v) is 15.2. The van der Waals surface area contributed by atoms with Gasteiger partial charge < -0.3 is 14.6 Å². The van der Waals surface area contributed by atoms with Gasteiger partial charge in [-0.25, -0.2) is 10.2 Å². The zero-order valence-electron chi connectivity index (χ0n) is 32.2. The molecule has 2 unspecified atom stereocenters. The van der Waals surface area contributed by atoms with E-state index in [0.717, 1.165) is 44.9 Å². The first-order valence-electron chi connectivity index (χ1n) is 19.2. The molecular weight excluding hydrogens is 620 g/mol. The van der Waals surface area contributed by atoms with Crippen LogP contribution < -0.4 is 10.9 Å². The summed E-state index contributed by atoms with van der Waals surface area (Å²) in [6.07, 6.45) is 11.8. The van der Waals surface area contributed by atoms with Crippen LogP contribution >= 0.6 is 0 Å². The lowest BCUT2D eigenvalue weighted by molar-refractivity contribution is -0.248. The first-order chi connectivity index (χ1) is 22.5. The lowest BCUT2D eigenvalue weighted by Gasteiger charge is -2.72. The first-order valence-corrected chi connectivity index (χ1v) is 19.2. The fourth-order valence-electron chi connectivity index (χ4n) is 13.0. The second-order valence-corrected chi connectivity index (χ2v) is 20.1. The molecule has 278 valence electrons. The average molecular weight is 687 g/mol. The van der Waals surface area contributed by atoms with E-state index in [0.29, 0.717) is 30.1 Å². The number of carbonyl (C=O) groups is 4. The molecule has 49 heavy (non-hydrogen) atoms. The van der Waals surface area contributed by atoms with E-state index in [1.54, 1.807) is 20.8 Å². The molecule has 5 rings (SSSR count). The molecule has 0 aromatic rings. The minimum Gasteiger partial charge on any atom is -0.481 e. The SMILES string of the molecule is CC(C)(CC(=O)O)CC(=O)O[C@H]1CC[C@@]2(C)C(CC[C@]3(C)C2CC[C@@H]2[C@H]4CCC[C@]4(CC(=O)NNC(=O)OC(C)(C)C)CC[C@]23C)C1(C)C. The van der Waals surface area contributed by atoms with Crippen LogP contribution in [-0.4, -0.2) is 40.8 Å². The lowest BCUT2D eigenvalue weighted by atomic mass is 9.32. The van der Waals surface area contributed by atoms with Crippen LogP contribution in [0.25, 0.3) is 0 Å². The van der Waals surface area contributed by atoms with Crippen molar-refractivity contribution in [3.8, 4) is 0 Å². The number of aliphatic carboxylic acids is 1. The summed E-state index contributed by atoms with van der Waals surface area (Å²) in [5, 5.41) is 9.30. The van der Waals surface area contributed by atoms with Crippen molar-refractivity contribution in [2.24, 2.45) is 56.2 Å². The summed E-state index contributed by atoms with van der Waals surface area (Å²) in [5.41, 5.74) is 4.18. The highest BCUT2D eigenvalue weighted by Crippen LogP contribution is 2.77. The van der Waals surface area contributed by atoms with E-state index in [9.17, 15) is 24.3 Å². The zero-order chi connectivity index (χ0) is 36.4. The molecular formula is C40H66N2O7. The standard InChI is InChI=1S/C40H66N2O7/c1-34(2,3)49-33(47)42-41-30(43)22-40-17-11-12-26(40)25-13-14-28-37(8)18-16-29(48-32(46)24-35(4,5)23-31(44)45)36(6,7)27(37)15-19-39(28,10)38(25,9)20-21-40/h25-29H,11-24H2,1-10H3,(H,41,43)(H,42,47)(H,44,45)/t25-,26-,27?,28?,29+,37+,38-,39-,40-/m1/s1. The van der Waals surface area contributed by atoms with Crippen LogP contribution in [0.1, 0.15) is 159 Å². The number of carboxylic acid groups (broad SMARTS) is 1. The molecule has 0 aliphatic heterocycles. The molecule has 0 saturated heterocycles. The van der Waals surface area contributed by atoms with Gasteiger partial charge in [0.25, 0.3) is 0 Å². The highest BCUT2D eigenvalue weighted by atomic mass is 16.6. The summed E-state index contributed by atoms with van der Waals surface area (Å²) in [4.78, 5) is 50.0. The molecule has 9 atom stereocenters. The average Bonchev–Trinajstić information content (AvgIpc) is 3.35. The number of carboxylic acids is 1. The van der Waals surface area contributed by atoms with Gasteiger partial charge >= 0.3 is 18.0 Å². The van der Waals surface area contributed by atoms with Crippen LogP contribution in [0.3, 0.4) is 0 Å². The van der Waals surface area contributed by atoms with E-state index < -0.39 is 23.1 Å². The molecule has 0 aromatic carbocycles. The van der Waals surface area contributed by atoms with Gasteiger partial charge in [0.15, 0.2) is 0 Å². The van der Waals surface area contributed by atoms with Crippen LogP contribution in [0.4, 0.5) is 4.79 Å². The maximum atomic E-state index is 13.3. The Hall–Kier alpha value is -2.32. The Kier molecular flexibility index (Phi) is 9.84. The molecule has 0 heterocycles. The number of nitrogens with one attached hydrogen (secondary N) is 2. The molecule has 5 fully saturated rings. The minimum absolute atomic E-state index is 0.0167. The fraction of sp³-hybridized carbons (Fsp3) is 0.900. The molecule has 0 bridgehead atoms. The predicted molar refractivity (Wildman–Crippen MR) is 188 cm³/mol. The zero-order valence-corrected chi connectivity index (χ0v) is 32.2. The van der Waals surface area contributed by atoms with Crippen molar-refractivity contribution in [1.29, 1.82) is 0 Å². The van der Waals surface area contributed by atoms with Crippen molar-refractivity contribution in [3.63, 3.8) is 0 Å². The third kappa shape index (κ3) is 6.86. The van der Waals surface area contributed by atoms with Crippen LogP contribution in [0.15, 0.2) is 0 Å². The number of rotatable bonds is 7. The number of hydrogen-bond acceptors (Lipinski definition) is 6. The van der Waals surface area contributed by atoms with Crippen molar-refractivity contribution in [3.05, 3.63) is 0 Å². The Balaban J connectivity index is 1.29. The van der Waals surface area contributed by atoms with Gasteiger partial charge in [0, 0.05) is 11.8 Å². The predicted octanol–water partition coefficient (Wildman–Crippen LogP) is 8.59. The van der Waals surface area contributed by atoms with Crippen molar-refractivity contribution < 1.29 is 33.8 Å². The number of carbonyl (C=O) groups excluding carboxylic acids is 3. The van der Waals surface area contributed by atoms with Gasteiger partial charge in [-0.3, -0.25) is 19.8 Å². The lowest BCUT2D eigenvalue weighted by Crippen LogP contribution is -2.66. The highest BCUT2D eigenvalue weighted by molar-refractivity contribution is 5.79. The first kappa shape index (κ1) is 37.9. The smallest absolute Gasteiger partial charge is 0.426 e. The van der Waals surface area contributed by atoms with Crippen LogP contribution in [0.2, 0.25) is 0 Å². The van der Waals surface area contributed by atoms with E-state index in [1.165, 1.54) is 25.7 Å². The highest BCUT2D eigenvalue weighted by Gasteiger charge is 2.70. The summed E-state index contributed by atoms with van der Waals surface area (Å²) in [6, 6.07) is 0. The Morgan fingerprint density at radius 2 is 1.43 bits per heavy atom. The van der Waals surface area contributed by atoms with Gasteiger partial charge in [-0.1, -0.05) is 54.9 Å². The van der Waals surface area contributed by atoms with Crippen molar-refractivity contribution in [2.45, 2.75) is 171 Å². The van der Waals surface area contributed by atoms with E-state index in [2.05, 4.69) is 45.5 Å². The number of esters is 1. The maximum Gasteiger partial charge on any atom is 0.426 e. The summed E-state index contributed by atoms with van der Waals surface area (Å²) in [6.45, 7) is 21.4. The van der Waals surface area contributed by atoms with Crippen molar-refractivity contribution >= 4 is 23.9 Å².